The molecule has 0 radical (unpaired) electrons. The van der Waals surface area contributed by atoms with Crippen LogP contribution in [0.15, 0.2) is 12.7 Å². The normalized spacial score (nSPS) is 8.18. The molecular formula is C3H7NaO6S. The average Bonchev–Trinajstić information content (AvgIpc) is 1.61. The summed E-state index contributed by atoms with van der Waals surface area (Å²) >= 11 is 0. The third-order valence-corrected chi connectivity index (χ3v) is 0.175. The van der Waals surface area contributed by atoms with Crippen molar-refractivity contribution in [1.82, 2.24) is 0 Å². The Morgan fingerprint density at radius 1 is 1.45 bits per heavy atom. The van der Waals surface area contributed by atoms with E-state index in [0.717, 1.165) is 6.08 Å². The van der Waals surface area contributed by atoms with E-state index in [1.807, 2.05) is 0 Å². The van der Waals surface area contributed by atoms with Crippen LogP contribution in [0.1, 0.15) is 1.43 Å². The molecule has 0 rings (SSSR count). The van der Waals surface area contributed by atoms with Gasteiger partial charge in [0.2, 0.25) is 0 Å². The number of aliphatic carboxylic acids is 1. The second-order valence-electron chi connectivity index (χ2n) is 0.990. The molecule has 0 atom stereocenters. The molecule has 0 bridgehead atoms. The van der Waals surface area contributed by atoms with E-state index in [1.165, 1.54) is 0 Å². The van der Waals surface area contributed by atoms with Crippen LogP contribution in [0.25, 0.3) is 0 Å². The van der Waals surface area contributed by atoms with E-state index >= 15 is 0 Å². The van der Waals surface area contributed by atoms with Crippen molar-refractivity contribution in [2.45, 2.75) is 0 Å². The van der Waals surface area contributed by atoms with E-state index in [0.29, 0.717) is 0 Å². The van der Waals surface area contributed by atoms with Gasteiger partial charge in [-0.05, 0) is 0 Å². The zero-order chi connectivity index (χ0) is 8.78. The minimum absolute atomic E-state index is 0. The molecule has 3 N–H and O–H groups in total. The van der Waals surface area contributed by atoms with E-state index in [1.54, 1.807) is 0 Å². The van der Waals surface area contributed by atoms with Gasteiger partial charge >= 0.3 is 45.9 Å². The standard InChI is InChI=1S/C3H4O2.Na.H2O4S.H/c1-2-3(4)5;;1-5(2,3)4;/h2H,1H2,(H,4,5);;(H2,1,2,3,4);/q;+1;;-1. The Labute approximate surface area is 87.3 Å². The van der Waals surface area contributed by atoms with Crippen molar-refractivity contribution in [3.8, 4) is 0 Å². The molecule has 0 unspecified atom stereocenters. The van der Waals surface area contributed by atoms with Crippen molar-refractivity contribution in [1.29, 1.82) is 0 Å². The van der Waals surface area contributed by atoms with Crippen LogP contribution in [-0.2, 0) is 15.2 Å². The first-order valence-electron chi connectivity index (χ1n) is 1.82. The van der Waals surface area contributed by atoms with E-state index in [9.17, 15) is 4.79 Å². The molecule has 0 amide bonds. The first-order valence-corrected chi connectivity index (χ1v) is 3.22. The molecule has 0 aliphatic rings. The summed E-state index contributed by atoms with van der Waals surface area (Å²) in [7, 11) is -4.67. The minimum atomic E-state index is -4.67. The van der Waals surface area contributed by atoms with Crippen LogP contribution in [0.4, 0.5) is 0 Å². The molecule has 0 aromatic rings. The molecule has 62 valence electrons. The Hall–Kier alpha value is 0.0800. The van der Waals surface area contributed by atoms with Gasteiger partial charge in [-0.2, -0.15) is 8.42 Å². The minimum Gasteiger partial charge on any atom is -1.00 e. The fourth-order valence-corrected chi connectivity index (χ4v) is 0. The number of carboxylic acids is 1. The van der Waals surface area contributed by atoms with Crippen LogP contribution in [0.5, 0.6) is 0 Å². The van der Waals surface area contributed by atoms with Crippen molar-refractivity contribution in [3.05, 3.63) is 12.7 Å². The van der Waals surface area contributed by atoms with Crippen molar-refractivity contribution in [2.24, 2.45) is 0 Å². The van der Waals surface area contributed by atoms with Gasteiger partial charge in [0.25, 0.3) is 0 Å². The molecule has 0 spiro atoms. The Morgan fingerprint density at radius 2 is 1.55 bits per heavy atom. The van der Waals surface area contributed by atoms with Gasteiger partial charge in [-0.1, -0.05) is 6.58 Å². The van der Waals surface area contributed by atoms with Gasteiger partial charge in [0, 0.05) is 6.08 Å². The average molecular weight is 194 g/mol. The monoisotopic (exact) mass is 194 g/mol. The molecule has 0 saturated carbocycles. The van der Waals surface area contributed by atoms with Crippen LogP contribution < -0.4 is 29.6 Å². The topological polar surface area (TPSA) is 112 Å². The first kappa shape index (κ1) is 17.2. The summed E-state index contributed by atoms with van der Waals surface area (Å²) in [5.74, 6) is -0.981. The fourth-order valence-electron chi connectivity index (χ4n) is 0. The molecule has 0 aliphatic heterocycles. The third-order valence-electron chi connectivity index (χ3n) is 0.175. The Bertz CT molecular complexity index is 203. The summed E-state index contributed by atoms with van der Waals surface area (Å²) in [6.45, 7) is 2.96. The maximum Gasteiger partial charge on any atom is 1.00 e. The van der Waals surface area contributed by atoms with Crippen LogP contribution in [-0.4, -0.2) is 28.6 Å². The van der Waals surface area contributed by atoms with Gasteiger partial charge in [-0.3, -0.25) is 9.11 Å². The Morgan fingerprint density at radius 3 is 1.55 bits per heavy atom. The molecule has 0 aliphatic carbocycles. The second-order valence-corrected chi connectivity index (χ2v) is 1.89. The van der Waals surface area contributed by atoms with Gasteiger partial charge in [-0.15, -0.1) is 0 Å². The number of hydrogen-bond donors (Lipinski definition) is 3. The smallest absolute Gasteiger partial charge is 1.00 e. The van der Waals surface area contributed by atoms with Crippen molar-refractivity contribution in [2.75, 3.05) is 0 Å². The molecule has 6 nitrogen and oxygen atoms in total. The van der Waals surface area contributed by atoms with Crippen LogP contribution in [0.2, 0.25) is 0 Å². The largest absolute Gasteiger partial charge is 1.00 e. The van der Waals surface area contributed by atoms with Crippen molar-refractivity contribution >= 4 is 16.4 Å². The number of carbonyl (C=O) groups is 1. The molecule has 8 heteroatoms. The summed E-state index contributed by atoms with van der Waals surface area (Å²) in [4.78, 5) is 9.25. The molecule has 0 saturated heterocycles. The van der Waals surface area contributed by atoms with Gasteiger partial charge in [0.05, 0.1) is 0 Å². The first-order chi connectivity index (χ1) is 4.27. The fraction of sp³-hybridized carbons (Fsp3) is 0. The molecule has 0 heterocycles. The summed E-state index contributed by atoms with van der Waals surface area (Å²) in [6.07, 6.45) is 0.833. The maximum atomic E-state index is 9.25. The zero-order valence-electron chi connectivity index (χ0n) is 6.76. The van der Waals surface area contributed by atoms with E-state index in [4.69, 9.17) is 22.6 Å². The SMILES string of the molecule is C=CC(=O)O.O=S(=O)(O)O.[H-].[Na+]. The van der Waals surface area contributed by atoms with Gasteiger partial charge in [0.15, 0.2) is 0 Å². The van der Waals surface area contributed by atoms with Crippen molar-refractivity contribution in [3.63, 3.8) is 0 Å². The predicted octanol–water partition coefficient (Wildman–Crippen LogP) is -3.28. The Kier molecular flexibility index (Phi) is 12.8. The van der Waals surface area contributed by atoms with E-state index in [-0.39, 0.29) is 31.0 Å². The number of carboxylic acid groups (broad SMARTS) is 1. The summed E-state index contributed by atoms with van der Waals surface area (Å²) in [5.41, 5.74) is 0. The number of rotatable bonds is 1. The zero-order valence-corrected chi connectivity index (χ0v) is 8.58. The summed E-state index contributed by atoms with van der Waals surface area (Å²) in [6, 6.07) is 0. The summed E-state index contributed by atoms with van der Waals surface area (Å²) < 4.78 is 31.6. The quantitative estimate of drug-likeness (QED) is 0.229. The van der Waals surface area contributed by atoms with Gasteiger partial charge < -0.3 is 6.53 Å². The summed E-state index contributed by atoms with van der Waals surface area (Å²) in [5, 5.41) is 7.60. The Balaban J connectivity index is -0.0000000457. The molecular weight excluding hydrogens is 187 g/mol. The molecule has 0 aromatic heterocycles. The van der Waals surface area contributed by atoms with Crippen LogP contribution in [0.3, 0.4) is 0 Å². The predicted molar refractivity (Wildman–Crippen MR) is 33.1 cm³/mol. The van der Waals surface area contributed by atoms with Crippen LogP contribution in [0, 0.1) is 0 Å². The second kappa shape index (κ2) is 8.18. The van der Waals surface area contributed by atoms with Crippen molar-refractivity contribution < 1.29 is 58.4 Å². The number of hydrogen-bond acceptors (Lipinski definition) is 3. The van der Waals surface area contributed by atoms with E-state index < -0.39 is 16.4 Å². The van der Waals surface area contributed by atoms with E-state index in [2.05, 4.69) is 6.58 Å². The van der Waals surface area contributed by atoms with Gasteiger partial charge in [-0.25, -0.2) is 4.79 Å². The molecule has 11 heavy (non-hydrogen) atoms. The van der Waals surface area contributed by atoms with Gasteiger partial charge in [0.1, 0.15) is 0 Å². The third kappa shape index (κ3) is 152. The molecule has 0 fully saturated rings. The molecule has 0 aromatic carbocycles. The maximum absolute atomic E-state index is 9.25. The van der Waals surface area contributed by atoms with Crippen LogP contribution >= 0.6 is 0 Å².